The summed E-state index contributed by atoms with van der Waals surface area (Å²) in [6, 6.07) is 0. The smallest absolute Gasteiger partial charge is 1.00 e. The molecule has 4 heteroatoms. The maximum atomic E-state index is 4.08. The van der Waals surface area contributed by atoms with Gasteiger partial charge in [0, 0.05) is 0 Å². The normalized spacial score (nSPS) is 2.00. The second-order valence-electron chi connectivity index (χ2n) is 0. The molecular weight excluding hydrogens is 321 g/mol. The molecule has 0 aliphatic heterocycles. The van der Waals surface area contributed by atoms with Crippen LogP contribution in [0.5, 0.6) is 0 Å². The maximum Gasteiger partial charge on any atom is 3.00 e. The fraction of sp³-hybridized carbons (Fsp3) is 1.00. The zero-order chi connectivity index (χ0) is 4.00. The molecule has 0 rings (SSSR count). The summed E-state index contributed by atoms with van der Waals surface area (Å²) < 4.78 is 0. The van der Waals surface area contributed by atoms with Crippen LogP contribution >= 0.6 is 0 Å². The van der Waals surface area contributed by atoms with Crippen LogP contribution in [-0.4, -0.2) is 12.5 Å². The second kappa shape index (κ2) is 73.8. The minimum atomic E-state index is 0. The van der Waals surface area contributed by atoms with Crippen molar-refractivity contribution in [2.24, 2.45) is 0 Å². The van der Waals surface area contributed by atoms with Crippen LogP contribution in [0.1, 0.15) is 0 Å². The van der Waals surface area contributed by atoms with E-state index in [2.05, 4.69) is 25.3 Å². The van der Waals surface area contributed by atoms with Crippen molar-refractivity contribution in [3.8, 4) is 0 Å². The first kappa shape index (κ1) is 25.2. The van der Waals surface area contributed by atoms with Crippen molar-refractivity contribution in [1.29, 1.82) is 0 Å². The zero-order valence-electron chi connectivity index (χ0n) is 3.50. The van der Waals surface area contributed by atoms with Crippen LogP contribution in [-0.2, 0) is 47.6 Å². The average Bonchev–Trinajstić information content (AvgIpc) is 1.50. The summed E-state index contributed by atoms with van der Waals surface area (Å²) in [7, 11) is 0. The van der Waals surface area contributed by atoms with Crippen LogP contribution in [0.25, 0.3) is 0 Å². The number of halogens is 1. The first-order valence-corrected chi connectivity index (χ1v) is 2.45. The summed E-state index contributed by atoms with van der Waals surface area (Å²) in [6.45, 7) is 0. The van der Waals surface area contributed by atoms with Gasteiger partial charge in [0.25, 0.3) is 0 Å². The van der Waals surface area contributed by atoms with E-state index in [1.807, 2.05) is 0 Å². The van der Waals surface area contributed by atoms with Gasteiger partial charge in [0.05, 0.1) is 0 Å². The van der Waals surface area contributed by atoms with Crippen molar-refractivity contribution in [1.82, 2.24) is 0 Å². The van der Waals surface area contributed by atoms with Crippen LogP contribution in [0, 0.1) is 0 Å². The van der Waals surface area contributed by atoms with E-state index in [0.717, 1.165) is 0 Å². The molecule has 0 aromatic heterocycles. The molecule has 0 N–H and O–H groups in total. The Morgan fingerprint density at radius 1 is 0.833 bits per heavy atom. The van der Waals surface area contributed by atoms with E-state index in [4.69, 9.17) is 0 Å². The van der Waals surface area contributed by atoms with Crippen LogP contribution < -0.4 is 12.4 Å². The van der Waals surface area contributed by atoms with Gasteiger partial charge in [0.15, 0.2) is 0 Å². The molecule has 0 atom stereocenters. The summed E-state index contributed by atoms with van der Waals surface area (Å²) in [5.41, 5.74) is 0. The fourth-order valence-corrected chi connectivity index (χ4v) is 0. The van der Waals surface area contributed by atoms with Gasteiger partial charge < -0.3 is 37.7 Å². The van der Waals surface area contributed by atoms with Crippen LogP contribution in [0.3, 0.4) is 0 Å². The predicted octanol–water partition coefficient (Wildman–Crippen LogP) is -2.67. The molecule has 0 amide bonds. The minimum absolute atomic E-state index is 0. The number of rotatable bonds is 0. The molecule has 0 fully saturated rings. The molecule has 0 saturated carbocycles. The molecule has 0 aliphatic rings. The Morgan fingerprint density at radius 2 is 0.833 bits per heavy atom. The van der Waals surface area contributed by atoms with Crippen molar-refractivity contribution < 1.29 is 34.8 Å². The molecule has 0 saturated heterocycles. The zero-order valence-corrected chi connectivity index (χ0v) is 8.05. The molecule has 44 valence electrons. The Bertz CT molecular complexity index is 11.5. The molecule has 0 heterocycles. The summed E-state index contributed by atoms with van der Waals surface area (Å²) >= 11 is 8.17. The average molecular weight is 327 g/mol. The number of hydrogen-bond donors (Lipinski definition) is 0. The fourth-order valence-electron chi connectivity index (χ4n) is 0. The predicted molar refractivity (Wildman–Crippen MR) is 26.6 cm³/mol. The van der Waals surface area contributed by atoms with Crippen molar-refractivity contribution in [2.75, 3.05) is 12.5 Å². The van der Waals surface area contributed by atoms with E-state index in [9.17, 15) is 0 Å². The topological polar surface area (TPSA) is 0 Å². The van der Waals surface area contributed by atoms with E-state index in [-0.39, 0.29) is 34.8 Å². The third-order valence-electron chi connectivity index (χ3n) is 0. The molecule has 0 aromatic rings. The first-order chi connectivity index (χ1) is 2.00. The Morgan fingerprint density at radius 3 is 0.833 bits per heavy atom. The van der Waals surface area contributed by atoms with Gasteiger partial charge in [-0.1, -0.05) is 0 Å². The Hall–Kier alpha value is 1.73. The minimum Gasteiger partial charge on any atom is -1.00 e. The molecule has 0 unspecified atom stereocenters. The maximum absolute atomic E-state index is 4.08. The van der Waals surface area contributed by atoms with E-state index < -0.39 is 0 Å². The van der Waals surface area contributed by atoms with Crippen LogP contribution in [0.2, 0.25) is 0 Å². The van der Waals surface area contributed by atoms with Crippen LogP contribution in [0.15, 0.2) is 0 Å². The van der Waals surface area contributed by atoms with E-state index in [0.29, 0.717) is 0 Å². The van der Waals surface area contributed by atoms with Crippen molar-refractivity contribution in [3.63, 3.8) is 0 Å². The van der Waals surface area contributed by atoms with Gasteiger partial charge in [-0.2, -0.15) is 12.5 Å². The van der Waals surface area contributed by atoms with Crippen molar-refractivity contribution >= 4 is 25.3 Å². The molecule has 0 aliphatic carbocycles. The Labute approximate surface area is 72.2 Å². The molecule has 0 spiro atoms. The van der Waals surface area contributed by atoms with Gasteiger partial charge in [-0.3, -0.25) is 0 Å². The molecular formula is C2H6AuClS2. The standard InChI is InChI=1S/2CH4S.Au.ClH/c2*1-2;;/h2*2H,1H3;;1H/q;;+3;/p-3. The quantitative estimate of drug-likeness (QED) is 0.352. The van der Waals surface area contributed by atoms with Crippen molar-refractivity contribution in [3.05, 3.63) is 0 Å². The SMILES string of the molecule is C[S-].C[S-].[Au+3].[Cl-]. The summed E-state index contributed by atoms with van der Waals surface area (Å²) in [5.74, 6) is 0. The summed E-state index contributed by atoms with van der Waals surface area (Å²) in [4.78, 5) is 0. The summed E-state index contributed by atoms with van der Waals surface area (Å²) in [6.07, 6.45) is 3.17. The van der Waals surface area contributed by atoms with Gasteiger partial charge in [-0.25, -0.2) is 0 Å². The van der Waals surface area contributed by atoms with E-state index >= 15 is 0 Å². The first-order valence-electron chi connectivity index (χ1n) is 0.816. The third kappa shape index (κ3) is 42.8. The third-order valence-corrected chi connectivity index (χ3v) is 0. The van der Waals surface area contributed by atoms with Gasteiger partial charge in [0.1, 0.15) is 0 Å². The van der Waals surface area contributed by atoms with Crippen LogP contribution in [0.4, 0.5) is 0 Å². The second-order valence-corrected chi connectivity index (χ2v) is 0. The Kier molecular flexibility index (Phi) is 310. The molecule has 6 heavy (non-hydrogen) atoms. The van der Waals surface area contributed by atoms with Crippen molar-refractivity contribution in [2.45, 2.75) is 0 Å². The van der Waals surface area contributed by atoms with E-state index in [1.54, 1.807) is 12.5 Å². The monoisotopic (exact) mass is 326 g/mol. The largest absolute Gasteiger partial charge is 3.00 e. The van der Waals surface area contributed by atoms with E-state index in [1.165, 1.54) is 0 Å². The molecule has 0 bridgehead atoms. The summed E-state index contributed by atoms with van der Waals surface area (Å²) in [5, 5.41) is 0. The molecule has 0 aromatic carbocycles. The number of hydrogen-bond acceptors (Lipinski definition) is 2. The molecule has 0 nitrogen and oxygen atoms in total. The van der Waals surface area contributed by atoms with Gasteiger partial charge >= 0.3 is 22.4 Å². The van der Waals surface area contributed by atoms with Gasteiger partial charge in [-0.05, 0) is 0 Å². The van der Waals surface area contributed by atoms with Gasteiger partial charge in [0.2, 0.25) is 0 Å². The Balaban J connectivity index is -0.00000000500. The van der Waals surface area contributed by atoms with Gasteiger partial charge in [-0.15, -0.1) is 0 Å². The molecule has 0 radical (unpaired) electrons.